The zero-order valence-corrected chi connectivity index (χ0v) is 10.7. The maximum Gasteiger partial charge on any atom is 0.0635 e. The second-order valence-corrected chi connectivity index (χ2v) is 4.75. The topological polar surface area (TPSA) is 36.3 Å². The summed E-state index contributed by atoms with van der Waals surface area (Å²) in [5, 5.41) is 8.57. The Hall–Kier alpha value is -0.590. The molecule has 88 valence electrons. The van der Waals surface area contributed by atoms with Gasteiger partial charge in [-0.25, -0.2) is 0 Å². The van der Waals surface area contributed by atoms with Gasteiger partial charge in [0.2, 0.25) is 0 Å². The van der Waals surface area contributed by atoms with Gasteiger partial charge in [0.05, 0.1) is 11.7 Å². The Morgan fingerprint density at radius 1 is 1.33 bits per heavy atom. The van der Waals surface area contributed by atoms with E-state index in [4.69, 9.17) is 10.00 Å². The molecule has 15 heavy (non-hydrogen) atoms. The van der Waals surface area contributed by atoms with Crippen molar-refractivity contribution in [3.05, 3.63) is 0 Å². The number of nitriles is 1. The average Bonchev–Trinajstić information content (AvgIpc) is 2.17. The summed E-state index contributed by atoms with van der Waals surface area (Å²) < 4.78 is 5.38. The summed E-state index contributed by atoms with van der Waals surface area (Å²) in [7, 11) is 1.75. The lowest BCUT2D eigenvalue weighted by Gasteiger charge is -2.30. The highest BCUT2D eigenvalue weighted by molar-refractivity contribution is 4.76. The lowest BCUT2D eigenvalue weighted by molar-refractivity contribution is 0.00528. The Kier molecular flexibility index (Phi) is 6.55. The molecular weight excluding hydrogens is 188 g/mol. The highest BCUT2D eigenvalue weighted by Crippen LogP contribution is 2.14. The van der Waals surface area contributed by atoms with Gasteiger partial charge in [-0.15, -0.1) is 0 Å². The summed E-state index contributed by atoms with van der Waals surface area (Å²) in [6, 6.07) is 2.68. The van der Waals surface area contributed by atoms with Gasteiger partial charge in [0.25, 0.3) is 0 Å². The normalized spacial score (nSPS) is 12.1. The number of ether oxygens (including phenoxy) is 1. The van der Waals surface area contributed by atoms with Crippen LogP contribution >= 0.6 is 0 Å². The first-order valence-electron chi connectivity index (χ1n) is 5.59. The fourth-order valence-corrected chi connectivity index (χ4v) is 1.34. The molecule has 0 fully saturated rings. The molecule has 0 aliphatic carbocycles. The van der Waals surface area contributed by atoms with Gasteiger partial charge in [-0.05, 0) is 34.1 Å². The van der Waals surface area contributed by atoms with E-state index in [0.29, 0.717) is 12.5 Å². The first-order chi connectivity index (χ1) is 6.93. The lowest BCUT2D eigenvalue weighted by atomic mass is 10.0. The number of nitrogens with zero attached hydrogens (tertiary/aromatic N) is 2. The predicted octanol–water partition coefficient (Wildman–Crippen LogP) is 2.43. The van der Waals surface area contributed by atoms with Crippen LogP contribution in [0.3, 0.4) is 0 Å². The van der Waals surface area contributed by atoms with Crippen LogP contribution in [0.15, 0.2) is 0 Å². The Balaban J connectivity index is 4.02. The third kappa shape index (κ3) is 6.48. The molecule has 0 atom stereocenters. The molecule has 0 aromatic heterocycles. The van der Waals surface area contributed by atoms with E-state index in [0.717, 1.165) is 19.5 Å². The van der Waals surface area contributed by atoms with E-state index in [1.807, 2.05) is 0 Å². The van der Waals surface area contributed by atoms with E-state index >= 15 is 0 Å². The fraction of sp³-hybridized carbons (Fsp3) is 0.917. The molecule has 0 aliphatic heterocycles. The van der Waals surface area contributed by atoms with Gasteiger partial charge in [-0.1, -0.05) is 0 Å². The number of methoxy groups -OCH3 is 1. The molecule has 0 saturated heterocycles. The van der Waals surface area contributed by atoms with Crippen LogP contribution in [-0.4, -0.2) is 36.7 Å². The highest BCUT2D eigenvalue weighted by Gasteiger charge is 2.18. The third-order valence-corrected chi connectivity index (χ3v) is 2.79. The number of rotatable bonds is 7. The van der Waals surface area contributed by atoms with Gasteiger partial charge in [0.1, 0.15) is 0 Å². The smallest absolute Gasteiger partial charge is 0.0635 e. The quantitative estimate of drug-likeness (QED) is 0.650. The molecule has 0 aromatic rings. The van der Waals surface area contributed by atoms with Gasteiger partial charge in [-0.2, -0.15) is 5.26 Å². The van der Waals surface area contributed by atoms with Crippen LogP contribution in [0.1, 0.15) is 40.5 Å². The molecule has 0 bridgehead atoms. The Labute approximate surface area is 94.0 Å². The van der Waals surface area contributed by atoms with Crippen molar-refractivity contribution in [2.45, 2.75) is 52.2 Å². The van der Waals surface area contributed by atoms with Crippen LogP contribution in [0, 0.1) is 11.3 Å². The van der Waals surface area contributed by atoms with Crippen LogP contribution in [0.2, 0.25) is 0 Å². The molecule has 3 heteroatoms. The summed E-state index contributed by atoms with van der Waals surface area (Å²) in [6.45, 7) is 10.4. The first-order valence-corrected chi connectivity index (χ1v) is 5.59. The van der Waals surface area contributed by atoms with Crippen molar-refractivity contribution in [3.8, 4) is 6.07 Å². The fourth-order valence-electron chi connectivity index (χ4n) is 1.34. The molecule has 3 nitrogen and oxygen atoms in total. The number of hydrogen-bond donors (Lipinski definition) is 0. The van der Waals surface area contributed by atoms with Crippen LogP contribution < -0.4 is 0 Å². The molecular formula is C12H24N2O. The Morgan fingerprint density at radius 3 is 2.33 bits per heavy atom. The minimum absolute atomic E-state index is 0.0697. The average molecular weight is 212 g/mol. The summed E-state index contributed by atoms with van der Waals surface area (Å²) in [4.78, 5) is 2.32. The molecule has 0 aromatic carbocycles. The van der Waals surface area contributed by atoms with Crippen LogP contribution in [0.5, 0.6) is 0 Å². The Bertz CT molecular complexity index is 206. The van der Waals surface area contributed by atoms with E-state index in [1.165, 1.54) is 0 Å². The van der Waals surface area contributed by atoms with E-state index in [2.05, 4.69) is 38.7 Å². The molecule has 0 radical (unpaired) electrons. The minimum Gasteiger partial charge on any atom is -0.379 e. The summed E-state index contributed by atoms with van der Waals surface area (Å²) in [5.74, 6) is 0. The number of hydrogen-bond acceptors (Lipinski definition) is 3. The molecule has 0 spiro atoms. The second-order valence-electron chi connectivity index (χ2n) is 4.75. The SMILES string of the molecule is COC(C)(C)CCN(CCC#N)C(C)C. The van der Waals surface area contributed by atoms with Crippen molar-refractivity contribution < 1.29 is 4.74 Å². The zero-order chi connectivity index (χ0) is 11.9. The monoisotopic (exact) mass is 212 g/mol. The standard InChI is InChI=1S/C12H24N2O/c1-11(2)14(9-6-8-13)10-7-12(3,4)15-5/h11H,6-7,9-10H2,1-5H3. The Morgan fingerprint density at radius 2 is 1.93 bits per heavy atom. The predicted molar refractivity (Wildman–Crippen MR) is 62.6 cm³/mol. The van der Waals surface area contributed by atoms with Crippen molar-refractivity contribution >= 4 is 0 Å². The maximum atomic E-state index is 8.57. The van der Waals surface area contributed by atoms with E-state index < -0.39 is 0 Å². The third-order valence-electron chi connectivity index (χ3n) is 2.79. The van der Waals surface area contributed by atoms with Crippen LogP contribution in [0.4, 0.5) is 0 Å². The van der Waals surface area contributed by atoms with Crippen molar-refractivity contribution in [2.24, 2.45) is 0 Å². The van der Waals surface area contributed by atoms with Crippen molar-refractivity contribution in [1.82, 2.24) is 4.90 Å². The van der Waals surface area contributed by atoms with Crippen LogP contribution in [-0.2, 0) is 4.74 Å². The van der Waals surface area contributed by atoms with Gasteiger partial charge < -0.3 is 4.74 Å². The zero-order valence-electron chi connectivity index (χ0n) is 10.7. The van der Waals surface area contributed by atoms with Crippen molar-refractivity contribution in [3.63, 3.8) is 0 Å². The molecule has 0 unspecified atom stereocenters. The van der Waals surface area contributed by atoms with Gasteiger partial charge in [-0.3, -0.25) is 4.90 Å². The van der Waals surface area contributed by atoms with Crippen molar-refractivity contribution in [1.29, 1.82) is 5.26 Å². The van der Waals surface area contributed by atoms with E-state index in [9.17, 15) is 0 Å². The minimum atomic E-state index is -0.0697. The summed E-state index contributed by atoms with van der Waals surface area (Å²) in [6.07, 6.45) is 1.60. The molecule has 0 heterocycles. The van der Waals surface area contributed by atoms with Gasteiger partial charge in [0, 0.05) is 32.7 Å². The van der Waals surface area contributed by atoms with E-state index in [-0.39, 0.29) is 5.60 Å². The maximum absolute atomic E-state index is 8.57. The van der Waals surface area contributed by atoms with Crippen LogP contribution in [0.25, 0.3) is 0 Å². The summed E-state index contributed by atoms with van der Waals surface area (Å²) >= 11 is 0. The lowest BCUT2D eigenvalue weighted by Crippen LogP contribution is -2.37. The van der Waals surface area contributed by atoms with Gasteiger partial charge in [0.15, 0.2) is 0 Å². The largest absolute Gasteiger partial charge is 0.379 e. The highest BCUT2D eigenvalue weighted by atomic mass is 16.5. The van der Waals surface area contributed by atoms with Crippen molar-refractivity contribution in [2.75, 3.05) is 20.2 Å². The first kappa shape index (κ1) is 14.4. The van der Waals surface area contributed by atoms with Gasteiger partial charge >= 0.3 is 0 Å². The second kappa shape index (κ2) is 6.81. The molecule has 0 rings (SSSR count). The molecule has 0 N–H and O–H groups in total. The molecule has 0 amide bonds. The summed E-state index contributed by atoms with van der Waals surface area (Å²) in [5.41, 5.74) is -0.0697. The molecule has 0 aliphatic rings. The molecule has 0 saturated carbocycles. The van der Waals surface area contributed by atoms with E-state index in [1.54, 1.807) is 7.11 Å².